The van der Waals surface area contributed by atoms with Crippen LogP contribution < -0.4 is 0 Å². The highest BCUT2D eigenvalue weighted by molar-refractivity contribution is 6.12. The third kappa shape index (κ3) is 6.52. The Kier molecular flexibility index (Phi) is 8.67. The number of benzene rings is 6. The van der Waals surface area contributed by atoms with Crippen molar-refractivity contribution in [2.45, 2.75) is 105 Å². The van der Waals surface area contributed by atoms with E-state index in [9.17, 15) is 5.26 Å². The number of hydrogen-bond acceptors (Lipinski definition) is 1. The van der Waals surface area contributed by atoms with E-state index in [1.807, 2.05) is 6.07 Å². The fourth-order valence-corrected chi connectivity index (χ4v) is 8.34. The molecule has 0 fully saturated rings. The van der Waals surface area contributed by atoms with Gasteiger partial charge in [-0.1, -0.05) is 144 Å². The Labute approximate surface area is 337 Å². The maximum absolute atomic E-state index is 15.1. The lowest BCUT2D eigenvalue weighted by Crippen LogP contribution is -2.12. The molecule has 0 N–H and O–H groups in total. The van der Waals surface area contributed by atoms with Gasteiger partial charge in [0.15, 0.2) is 0 Å². The monoisotopic (exact) mass is 751 g/mol. The molecule has 2 aromatic heterocycles. The molecule has 0 aliphatic rings. The van der Waals surface area contributed by atoms with Gasteiger partial charge in [0.2, 0.25) is 0 Å². The van der Waals surface area contributed by atoms with Crippen LogP contribution in [-0.2, 0) is 21.7 Å². The summed E-state index contributed by atoms with van der Waals surface area (Å²) in [4.78, 5) is 0. The molecular weight excluding hydrogens is 698 g/mol. The third-order valence-electron chi connectivity index (χ3n) is 11.8. The van der Waals surface area contributed by atoms with E-state index < -0.39 is 0 Å². The van der Waals surface area contributed by atoms with Crippen LogP contribution in [0.25, 0.3) is 66.1 Å². The van der Waals surface area contributed by atoms with Crippen LogP contribution in [-0.4, -0.2) is 9.13 Å². The second kappa shape index (κ2) is 12.9. The summed E-state index contributed by atoms with van der Waals surface area (Å²) in [6.45, 7) is 26.9. The Hall–Kier alpha value is -5.66. The molecule has 8 rings (SSSR count). The lowest BCUT2D eigenvalue weighted by Gasteiger charge is -2.22. The van der Waals surface area contributed by atoms with E-state index in [1.165, 1.54) is 28.3 Å². The summed E-state index contributed by atoms with van der Waals surface area (Å²) >= 11 is 0. The van der Waals surface area contributed by atoms with Crippen molar-refractivity contribution in [2.24, 2.45) is 0 Å². The van der Waals surface area contributed by atoms with Crippen LogP contribution in [0.3, 0.4) is 0 Å². The van der Waals surface area contributed by atoms with Gasteiger partial charge in [-0.2, -0.15) is 5.26 Å². The molecule has 2 heterocycles. The smallest absolute Gasteiger partial charge is 0.123 e. The number of fused-ring (bicyclic) bond motifs is 6. The zero-order valence-electron chi connectivity index (χ0n) is 35.6. The first kappa shape index (κ1) is 38.2. The highest BCUT2D eigenvalue weighted by Crippen LogP contribution is 2.43. The number of halogens is 1. The summed E-state index contributed by atoms with van der Waals surface area (Å²) in [5.74, 6) is -0.303. The minimum absolute atomic E-state index is 0.100. The fraction of sp³-hybridized carbons (Fsp3) is 0.302. The van der Waals surface area contributed by atoms with Gasteiger partial charge in [0.25, 0.3) is 0 Å². The van der Waals surface area contributed by atoms with E-state index in [-0.39, 0.29) is 27.5 Å². The number of rotatable bonds is 3. The number of aromatic nitrogens is 2. The topological polar surface area (TPSA) is 33.6 Å². The van der Waals surface area contributed by atoms with Gasteiger partial charge < -0.3 is 9.13 Å². The molecule has 0 spiro atoms. The quantitative estimate of drug-likeness (QED) is 0.177. The second-order valence-corrected chi connectivity index (χ2v) is 20.1. The molecule has 4 heteroatoms. The summed E-state index contributed by atoms with van der Waals surface area (Å²) in [6, 6.07) is 40.9. The lowest BCUT2D eigenvalue weighted by molar-refractivity contribution is 0.590. The van der Waals surface area contributed by atoms with E-state index in [0.29, 0.717) is 5.56 Å². The first-order valence-corrected chi connectivity index (χ1v) is 20.2. The molecule has 0 bridgehead atoms. The average molecular weight is 752 g/mol. The molecule has 0 atom stereocenters. The molecule has 0 aliphatic heterocycles. The molecular formula is C53H54FN3. The van der Waals surface area contributed by atoms with Gasteiger partial charge in [0, 0.05) is 21.5 Å². The van der Waals surface area contributed by atoms with Crippen molar-refractivity contribution in [1.29, 1.82) is 5.26 Å². The van der Waals surface area contributed by atoms with Crippen LogP contribution in [0.2, 0.25) is 0 Å². The van der Waals surface area contributed by atoms with Gasteiger partial charge in [0.1, 0.15) is 17.4 Å². The highest BCUT2D eigenvalue weighted by Gasteiger charge is 2.27. The van der Waals surface area contributed by atoms with Gasteiger partial charge in [-0.25, -0.2) is 4.39 Å². The molecule has 0 saturated carbocycles. The van der Waals surface area contributed by atoms with Crippen molar-refractivity contribution in [3.8, 4) is 28.6 Å². The van der Waals surface area contributed by atoms with E-state index in [0.717, 1.165) is 66.1 Å². The van der Waals surface area contributed by atoms with Crippen molar-refractivity contribution in [2.75, 3.05) is 0 Å². The van der Waals surface area contributed by atoms with Crippen LogP contribution in [0.4, 0.5) is 4.39 Å². The predicted octanol–water partition coefficient (Wildman–Crippen LogP) is 14.7. The fourth-order valence-electron chi connectivity index (χ4n) is 8.34. The SMILES string of the molecule is CC(C)(C)c1ccc2c3ccc(C(C)(C)C)cc3n(-c3cc(-c4cccc(F)c4)cc(-n4c5cc(C(C)(C)C)ccc5c5ccc(C(C)(C)C)cc54)c3C#N)c2c1. The molecule has 6 aromatic carbocycles. The summed E-state index contributed by atoms with van der Waals surface area (Å²) in [7, 11) is 0. The molecule has 0 saturated heterocycles. The Morgan fingerprint density at radius 1 is 0.421 bits per heavy atom. The van der Waals surface area contributed by atoms with Gasteiger partial charge in [-0.15, -0.1) is 0 Å². The van der Waals surface area contributed by atoms with Crippen molar-refractivity contribution in [3.63, 3.8) is 0 Å². The Morgan fingerprint density at radius 2 is 0.754 bits per heavy atom. The molecule has 3 nitrogen and oxygen atoms in total. The maximum Gasteiger partial charge on any atom is 0.123 e. The molecule has 0 radical (unpaired) electrons. The normalized spacial score (nSPS) is 13.0. The molecule has 8 aromatic rings. The number of hydrogen-bond donors (Lipinski definition) is 0. The van der Waals surface area contributed by atoms with Crippen molar-refractivity contribution in [3.05, 3.63) is 143 Å². The van der Waals surface area contributed by atoms with Crippen LogP contribution in [0.15, 0.2) is 109 Å². The van der Waals surface area contributed by atoms with E-state index in [1.54, 1.807) is 12.1 Å². The standard InChI is InChI=1S/C53H54FN3/c1-50(2,3)34-16-20-39-40-21-17-35(51(4,5)6)28-47(40)56(46(39)27-34)44-25-33(32-14-13-15-38(54)24-32)26-45(43(44)31-55)57-48-29-36(52(7,8)9)18-22-41(48)42-23-19-37(30-49(42)57)53(10,11)12/h13-30H,1-12H3. The Bertz CT molecular complexity index is 2640. The van der Waals surface area contributed by atoms with Crippen LogP contribution in [0.1, 0.15) is 111 Å². The molecule has 57 heavy (non-hydrogen) atoms. The van der Waals surface area contributed by atoms with Crippen LogP contribution in [0, 0.1) is 17.1 Å². The van der Waals surface area contributed by atoms with E-state index in [2.05, 4.69) is 183 Å². The summed E-state index contributed by atoms with van der Waals surface area (Å²) in [6.07, 6.45) is 0. The van der Waals surface area contributed by atoms with Gasteiger partial charge in [0.05, 0.1) is 33.4 Å². The second-order valence-electron chi connectivity index (χ2n) is 20.1. The minimum Gasteiger partial charge on any atom is -0.308 e. The summed E-state index contributed by atoms with van der Waals surface area (Å²) < 4.78 is 19.7. The Balaban J connectivity index is 1.60. The molecule has 0 amide bonds. The first-order chi connectivity index (χ1) is 26.6. The average Bonchev–Trinajstić information content (AvgIpc) is 3.64. The zero-order chi connectivity index (χ0) is 41.0. The minimum atomic E-state index is -0.303. The van der Waals surface area contributed by atoms with E-state index >= 15 is 4.39 Å². The van der Waals surface area contributed by atoms with Crippen molar-refractivity contribution >= 4 is 43.6 Å². The number of nitriles is 1. The zero-order valence-corrected chi connectivity index (χ0v) is 35.6. The third-order valence-corrected chi connectivity index (χ3v) is 11.8. The molecule has 288 valence electrons. The summed E-state index contributed by atoms with van der Waals surface area (Å²) in [5.41, 5.74) is 12.3. The van der Waals surface area contributed by atoms with Gasteiger partial charge >= 0.3 is 0 Å². The van der Waals surface area contributed by atoms with Crippen molar-refractivity contribution in [1.82, 2.24) is 9.13 Å². The van der Waals surface area contributed by atoms with Crippen LogP contribution in [0.5, 0.6) is 0 Å². The first-order valence-electron chi connectivity index (χ1n) is 20.2. The predicted molar refractivity (Wildman–Crippen MR) is 240 cm³/mol. The van der Waals surface area contributed by atoms with Crippen LogP contribution >= 0.6 is 0 Å². The molecule has 0 unspecified atom stereocenters. The highest BCUT2D eigenvalue weighted by atomic mass is 19.1. The van der Waals surface area contributed by atoms with Crippen molar-refractivity contribution < 1.29 is 4.39 Å². The Morgan fingerprint density at radius 3 is 1.04 bits per heavy atom. The van der Waals surface area contributed by atoms with Gasteiger partial charge in [-0.3, -0.25) is 0 Å². The van der Waals surface area contributed by atoms with E-state index in [4.69, 9.17) is 0 Å². The summed E-state index contributed by atoms with van der Waals surface area (Å²) in [5, 5.41) is 16.1. The van der Waals surface area contributed by atoms with Gasteiger partial charge in [-0.05, 0) is 104 Å². The maximum atomic E-state index is 15.1. The largest absolute Gasteiger partial charge is 0.308 e. The number of nitrogens with zero attached hydrogens (tertiary/aromatic N) is 3. The molecule has 0 aliphatic carbocycles. The lowest BCUT2D eigenvalue weighted by atomic mass is 9.86.